The van der Waals surface area contributed by atoms with E-state index < -0.39 is 5.41 Å². The van der Waals surface area contributed by atoms with Gasteiger partial charge in [-0.15, -0.1) is 0 Å². The topological polar surface area (TPSA) is 47.6 Å². The van der Waals surface area contributed by atoms with E-state index in [-0.39, 0.29) is 0 Å². The van der Waals surface area contributed by atoms with Crippen LogP contribution in [0.5, 0.6) is 0 Å². The van der Waals surface area contributed by atoms with Crippen LogP contribution in [0.4, 0.5) is 0 Å². The number of allylic oxidation sites excluding steroid dienone is 4. The van der Waals surface area contributed by atoms with Crippen LogP contribution in [0.15, 0.2) is 23.3 Å². The van der Waals surface area contributed by atoms with Crippen molar-refractivity contribution >= 4 is 0 Å². The molecule has 2 aliphatic rings. The fourth-order valence-electron chi connectivity index (χ4n) is 2.83. The molecule has 17 heavy (non-hydrogen) atoms. The van der Waals surface area contributed by atoms with Crippen molar-refractivity contribution in [2.24, 2.45) is 5.41 Å². The van der Waals surface area contributed by atoms with Gasteiger partial charge in [-0.25, -0.2) is 0 Å². The highest BCUT2D eigenvalue weighted by atomic mass is 14.4. The molecule has 2 heteroatoms. The second-order valence-corrected chi connectivity index (χ2v) is 5.04. The molecule has 0 heterocycles. The predicted molar refractivity (Wildman–Crippen MR) is 66.8 cm³/mol. The van der Waals surface area contributed by atoms with Gasteiger partial charge in [0.2, 0.25) is 0 Å². The second-order valence-electron chi connectivity index (χ2n) is 5.04. The first-order chi connectivity index (χ1) is 8.30. The molecule has 0 radical (unpaired) electrons. The number of hydrogen-bond acceptors (Lipinski definition) is 2. The Bertz CT molecular complexity index is 415. The molecule has 0 aromatic carbocycles. The van der Waals surface area contributed by atoms with Gasteiger partial charge in [0.15, 0.2) is 5.41 Å². The van der Waals surface area contributed by atoms with Crippen LogP contribution >= 0.6 is 0 Å². The molecule has 2 aliphatic carbocycles. The molecular formula is C15H18N2. The maximum atomic E-state index is 9.43. The van der Waals surface area contributed by atoms with E-state index >= 15 is 0 Å². The van der Waals surface area contributed by atoms with Crippen LogP contribution in [0.25, 0.3) is 0 Å². The Kier molecular flexibility index (Phi) is 3.64. The Labute approximate surface area is 103 Å². The molecule has 0 N–H and O–H groups in total. The van der Waals surface area contributed by atoms with Crippen molar-refractivity contribution < 1.29 is 0 Å². The lowest BCUT2D eigenvalue weighted by Crippen LogP contribution is -2.20. The maximum absolute atomic E-state index is 9.43. The summed E-state index contributed by atoms with van der Waals surface area (Å²) in [6, 6.07) is 4.57. The molecule has 0 aromatic heterocycles. The summed E-state index contributed by atoms with van der Waals surface area (Å²) in [5.41, 5.74) is 1.50. The molecule has 0 saturated heterocycles. The Morgan fingerprint density at radius 2 is 1.76 bits per heavy atom. The molecule has 0 aromatic rings. The van der Waals surface area contributed by atoms with E-state index in [1.54, 1.807) is 0 Å². The zero-order valence-corrected chi connectivity index (χ0v) is 10.2. The first kappa shape index (κ1) is 11.9. The van der Waals surface area contributed by atoms with E-state index in [2.05, 4.69) is 24.3 Å². The maximum Gasteiger partial charge on any atom is 0.168 e. The number of nitrogens with zero attached hydrogens (tertiary/aromatic N) is 2. The van der Waals surface area contributed by atoms with Gasteiger partial charge in [-0.05, 0) is 50.5 Å². The number of hydrogen-bond donors (Lipinski definition) is 0. The first-order valence-corrected chi connectivity index (χ1v) is 6.51. The van der Waals surface area contributed by atoms with Crippen molar-refractivity contribution in [3.05, 3.63) is 23.3 Å². The highest BCUT2D eigenvalue weighted by molar-refractivity contribution is 5.37. The Morgan fingerprint density at radius 1 is 1.00 bits per heavy atom. The zero-order chi connectivity index (χ0) is 12.1. The van der Waals surface area contributed by atoms with Gasteiger partial charge in [-0.3, -0.25) is 0 Å². The van der Waals surface area contributed by atoms with Crippen LogP contribution < -0.4 is 0 Å². The molecule has 0 fully saturated rings. The SMILES string of the molecule is N#CC(C#N)(CC1=CCCCC1)C1=CCCC1. The van der Waals surface area contributed by atoms with E-state index in [1.165, 1.54) is 18.4 Å². The molecule has 0 bridgehead atoms. The summed E-state index contributed by atoms with van der Waals surface area (Å²) in [6.07, 6.45) is 12.7. The summed E-state index contributed by atoms with van der Waals surface area (Å²) in [5.74, 6) is 0. The fraction of sp³-hybridized carbons (Fsp3) is 0.600. The summed E-state index contributed by atoms with van der Waals surface area (Å²) >= 11 is 0. The minimum absolute atomic E-state index is 0.631. The lowest BCUT2D eigenvalue weighted by Gasteiger charge is -2.23. The molecule has 88 valence electrons. The summed E-state index contributed by atoms with van der Waals surface area (Å²) in [6.45, 7) is 0. The fourth-order valence-corrected chi connectivity index (χ4v) is 2.83. The van der Waals surface area contributed by atoms with Crippen LogP contribution in [0, 0.1) is 28.1 Å². The van der Waals surface area contributed by atoms with E-state index in [4.69, 9.17) is 0 Å². The van der Waals surface area contributed by atoms with Crippen molar-refractivity contribution in [1.29, 1.82) is 10.5 Å². The van der Waals surface area contributed by atoms with Gasteiger partial charge in [-0.1, -0.05) is 17.7 Å². The highest BCUT2D eigenvalue weighted by Gasteiger charge is 2.36. The summed E-state index contributed by atoms with van der Waals surface area (Å²) in [4.78, 5) is 0. The molecule has 0 saturated carbocycles. The number of nitriles is 2. The molecule has 2 rings (SSSR count). The zero-order valence-electron chi connectivity index (χ0n) is 10.2. The molecular weight excluding hydrogens is 208 g/mol. The van der Waals surface area contributed by atoms with Crippen molar-refractivity contribution in [2.45, 2.75) is 51.4 Å². The second kappa shape index (κ2) is 5.19. The molecule has 2 nitrogen and oxygen atoms in total. The Balaban J connectivity index is 2.20. The van der Waals surface area contributed by atoms with E-state index in [0.717, 1.165) is 37.7 Å². The van der Waals surface area contributed by atoms with Gasteiger partial charge < -0.3 is 0 Å². The van der Waals surface area contributed by atoms with Crippen LogP contribution in [0.1, 0.15) is 51.4 Å². The first-order valence-electron chi connectivity index (χ1n) is 6.51. The molecule has 0 spiro atoms. The van der Waals surface area contributed by atoms with Gasteiger partial charge in [0.1, 0.15) is 0 Å². The largest absolute Gasteiger partial charge is 0.196 e. The van der Waals surface area contributed by atoms with Gasteiger partial charge in [0.25, 0.3) is 0 Å². The Morgan fingerprint density at radius 3 is 2.29 bits per heavy atom. The molecule has 0 unspecified atom stereocenters. The van der Waals surface area contributed by atoms with Crippen LogP contribution in [0.2, 0.25) is 0 Å². The summed E-state index contributed by atoms with van der Waals surface area (Å²) in [5, 5.41) is 18.9. The normalized spacial score (nSPS) is 20.1. The van der Waals surface area contributed by atoms with Crippen LogP contribution in [0.3, 0.4) is 0 Å². The summed E-state index contributed by atoms with van der Waals surface area (Å²) in [7, 11) is 0. The summed E-state index contributed by atoms with van der Waals surface area (Å²) < 4.78 is 0. The van der Waals surface area contributed by atoms with E-state index in [1.807, 2.05) is 0 Å². The quantitative estimate of drug-likeness (QED) is 0.682. The predicted octanol–water partition coefficient (Wildman–Crippen LogP) is 4.02. The van der Waals surface area contributed by atoms with Crippen molar-refractivity contribution in [1.82, 2.24) is 0 Å². The molecule has 0 aliphatic heterocycles. The van der Waals surface area contributed by atoms with E-state index in [0.29, 0.717) is 6.42 Å². The average Bonchev–Trinajstić information content (AvgIpc) is 2.92. The third-order valence-electron chi connectivity index (χ3n) is 3.85. The third-order valence-corrected chi connectivity index (χ3v) is 3.85. The lowest BCUT2D eigenvalue weighted by atomic mass is 9.75. The van der Waals surface area contributed by atoms with E-state index in [9.17, 15) is 10.5 Å². The van der Waals surface area contributed by atoms with Crippen LogP contribution in [-0.2, 0) is 0 Å². The third kappa shape index (κ3) is 2.42. The Hall–Kier alpha value is -1.54. The standard InChI is InChI=1S/C15H18N2/c16-11-15(12-17,14-8-4-5-9-14)10-13-6-2-1-3-7-13/h6,8H,1-5,7,9-10H2. The van der Waals surface area contributed by atoms with Crippen LogP contribution in [-0.4, -0.2) is 0 Å². The number of rotatable bonds is 3. The monoisotopic (exact) mass is 226 g/mol. The minimum atomic E-state index is -0.875. The van der Waals surface area contributed by atoms with Gasteiger partial charge in [0.05, 0.1) is 12.1 Å². The van der Waals surface area contributed by atoms with Gasteiger partial charge in [0, 0.05) is 6.42 Å². The van der Waals surface area contributed by atoms with Crippen molar-refractivity contribution in [3.8, 4) is 12.1 Å². The minimum Gasteiger partial charge on any atom is -0.196 e. The van der Waals surface area contributed by atoms with Gasteiger partial charge >= 0.3 is 0 Å². The lowest BCUT2D eigenvalue weighted by molar-refractivity contribution is 0.555. The average molecular weight is 226 g/mol. The van der Waals surface area contributed by atoms with Crippen molar-refractivity contribution in [3.63, 3.8) is 0 Å². The molecule has 0 amide bonds. The highest BCUT2D eigenvalue weighted by Crippen LogP contribution is 2.41. The van der Waals surface area contributed by atoms with Crippen molar-refractivity contribution in [2.75, 3.05) is 0 Å². The smallest absolute Gasteiger partial charge is 0.168 e. The van der Waals surface area contributed by atoms with Gasteiger partial charge in [-0.2, -0.15) is 10.5 Å². The molecule has 0 atom stereocenters.